The maximum atomic E-state index is 13.0. The zero-order valence-corrected chi connectivity index (χ0v) is 12.0. The molecule has 22 heavy (non-hydrogen) atoms. The molecule has 0 bridgehead atoms. The molecule has 0 spiro atoms. The van der Waals surface area contributed by atoms with Crippen LogP contribution in [-0.2, 0) is 4.79 Å². The Balaban J connectivity index is 2.02. The molecule has 0 aliphatic carbocycles. The molecule has 0 aliphatic heterocycles. The van der Waals surface area contributed by atoms with E-state index in [-0.39, 0.29) is 5.82 Å². The topological polar surface area (TPSA) is 50.2 Å². The molecule has 3 rings (SSSR count). The van der Waals surface area contributed by atoms with Crippen molar-refractivity contribution in [3.8, 4) is 11.3 Å². The minimum atomic E-state index is -0.852. The molecule has 0 fully saturated rings. The van der Waals surface area contributed by atoms with E-state index in [1.165, 1.54) is 12.1 Å². The predicted octanol–water partition coefficient (Wildman–Crippen LogP) is 4.23. The monoisotopic (exact) mass is 295 g/mol. The van der Waals surface area contributed by atoms with Crippen molar-refractivity contribution in [2.75, 3.05) is 0 Å². The molecule has 0 saturated heterocycles. The van der Waals surface area contributed by atoms with Gasteiger partial charge in [-0.05, 0) is 55.0 Å². The van der Waals surface area contributed by atoms with Gasteiger partial charge in [-0.15, -0.1) is 0 Å². The zero-order valence-electron chi connectivity index (χ0n) is 12.0. The van der Waals surface area contributed by atoms with Crippen LogP contribution in [0.3, 0.4) is 0 Å². The summed E-state index contributed by atoms with van der Waals surface area (Å²) in [5, 5.41) is 9.96. The quantitative estimate of drug-likeness (QED) is 0.786. The van der Waals surface area contributed by atoms with Crippen LogP contribution >= 0.6 is 0 Å². The number of nitrogens with zero attached hydrogens (tertiary/aromatic N) is 1. The number of carboxylic acid groups (broad SMARTS) is 1. The van der Waals surface area contributed by atoms with E-state index in [2.05, 4.69) is 4.98 Å². The number of rotatable bonds is 3. The number of aliphatic carboxylic acids is 1. The highest BCUT2D eigenvalue weighted by Crippen LogP contribution is 2.24. The summed E-state index contributed by atoms with van der Waals surface area (Å²) >= 11 is 0. The second-order valence-electron chi connectivity index (χ2n) is 5.22. The highest BCUT2D eigenvalue weighted by molar-refractivity contribution is 5.84. The van der Waals surface area contributed by atoms with Crippen molar-refractivity contribution in [3.63, 3.8) is 0 Å². The number of aromatic nitrogens is 1. The largest absolute Gasteiger partial charge is 0.481 e. The first kappa shape index (κ1) is 14.2. The first-order valence-corrected chi connectivity index (χ1v) is 6.94. The van der Waals surface area contributed by atoms with Crippen LogP contribution in [0.5, 0.6) is 0 Å². The molecule has 1 N–H and O–H groups in total. The summed E-state index contributed by atoms with van der Waals surface area (Å²) in [5.74, 6) is -1.69. The average Bonchev–Trinajstić information content (AvgIpc) is 2.53. The van der Waals surface area contributed by atoms with Crippen LogP contribution in [0.15, 0.2) is 54.6 Å². The molecule has 1 heterocycles. The Hall–Kier alpha value is -2.75. The normalized spacial score (nSPS) is 12.3. The lowest BCUT2D eigenvalue weighted by Crippen LogP contribution is -2.07. The summed E-state index contributed by atoms with van der Waals surface area (Å²) in [6.45, 7) is 1.66. The van der Waals surface area contributed by atoms with Gasteiger partial charge in [0.15, 0.2) is 0 Å². The maximum Gasteiger partial charge on any atom is 0.310 e. The van der Waals surface area contributed by atoms with Crippen molar-refractivity contribution in [3.05, 3.63) is 66.0 Å². The number of fused-ring (bicyclic) bond motifs is 1. The molecular weight excluding hydrogens is 281 g/mol. The number of carboxylic acids is 1. The van der Waals surface area contributed by atoms with E-state index in [4.69, 9.17) is 5.11 Å². The van der Waals surface area contributed by atoms with E-state index in [1.54, 1.807) is 25.1 Å². The second kappa shape index (κ2) is 5.56. The van der Waals surface area contributed by atoms with Crippen LogP contribution in [0, 0.1) is 5.82 Å². The van der Waals surface area contributed by atoms with Crippen LogP contribution in [0.2, 0.25) is 0 Å². The maximum absolute atomic E-state index is 13.0. The van der Waals surface area contributed by atoms with Crippen LogP contribution in [0.1, 0.15) is 18.4 Å². The van der Waals surface area contributed by atoms with Gasteiger partial charge in [0.2, 0.25) is 0 Å². The van der Waals surface area contributed by atoms with Crippen molar-refractivity contribution in [1.29, 1.82) is 0 Å². The van der Waals surface area contributed by atoms with E-state index in [9.17, 15) is 9.18 Å². The van der Waals surface area contributed by atoms with Crippen molar-refractivity contribution >= 4 is 16.9 Å². The van der Waals surface area contributed by atoms with Crippen molar-refractivity contribution < 1.29 is 14.3 Å². The Morgan fingerprint density at radius 2 is 1.82 bits per heavy atom. The van der Waals surface area contributed by atoms with Gasteiger partial charge < -0.3 is 5.11 Å². The summed E-state index contributed by atoms with van der Waals surface area (Å²) in [6.07, 6.45) is 0. The Labute approximate surface area is 127 Å². The Morgan fingerprint density at radius 3 is 2.50 bits per heavy atom. The minimum absolute atomic E-state index is 0.281. The van der Waals surface area contributed by atoms with Crippen LogP contribution in [0.25, 0.3) is 22.2 Å². The number of hydrogen-bond acceptors (Lipinski definition) is 2. The van der Waals surface area contributed by atoms with E-state index in [0.29, 0.717) is 0 Å². The van der Waals surface area contributed by atoms with E-state index >= 15 is 0 Å². The first-order valence-electron chi connectivity index (χ1n) is 6.94. The van der Waals surface area contributed by atoms with Gasteiger partial charge in [0.1, 0.15) is 5.82 Å². The highest BCUT2D eigenvalue weighted by Gasteiger charge is 2.14. The van der Waals surface area contributed by atoms with Crippen molar-refractivity contribution in [2.45, 2.75) is 12.8 Å². The Bertz CT molecular complexity index is 843. The van der Waals surface area contributed by atoms with E-state index in [0.717, 1.165) is 27.7 Å². The fraction of sp³-hybridized carbons (Fsp3) is 0.111. The van der Waals surface area contributed by atoms with Crippen LogP contribution in [0.4, 0.5) is 4.39 Å². The highest BCUT2D eigenvalue weighted by atomic mass is 19.1. The molecule has 1 aromatic heterocycles. The van der Waals surface area contributed by atoms with Gasteiger partial charge in [0.05, 0.1) is 17.1 Å². The molecule has 0 saturated carbocycles. The molecule has 3 nitrogen and oxygen atoms in total. The Kier molecular flexibility index (Phi) is 3.59. The van der Waals surface area contributed by atoms with Gasteiger partial charge in [0, 0.05) is 10.9 Å². The average molecular weight is 295 g/mol. The molecule has 1 unspecified atom stereocenters. The fourth-order valence-electron chi connectivity index (χ4n) is 2.34. The minimum Gasteiger partial charge on any atom is -0.481 e. The molecule has 3 aromatic rings. The Morgan fingerprint density at radius 1 is 1.09 bits per heavy atom. The molecule has 1 atom stereocenters. The lowest BCUT2D eigenvalue weighted by molar-refractivity contribution is -0.138. The summed E-state index contributed by atoms with van der Waals surface area (Å²) in [5.41, 5.74) is 3.12. The van der Waals surface area contributed by atoms with Crippen molar-refractivity contribution in [1.82, 2.24) is 4.98 Å². The summed E-state index contributed by atoms with van der Waals surface area (Å²) in [7, 11) is 0. The standard InChI is InChI=1S/C18H14FNO2/c1-11(18(21)22)13-4-8-17-14(10-13)5-9-16(20-17)12-2-6-15(19)7-3-12/h2-11H,1H3,(H,21,22). The smallest absolute Gasteiger partial charge is 0.310 e. The molecular formula is C18H14FNO2. The van der Waals surface area contributed by atoms with E-state index in [1.807, 2.05) is 24.3 Å². The lowest BCUT2D eigenvalue weighted by atomic mass is 9.99. The SMILES string of the molecule is CC(C(=O)O)c1ccc2nc(-c3ccc(F)cc3)ccc2c1. The fourth-order valence-corrected chi connectivity index (χ4v) is 2.34. The predicted molar refractivity (Wildman–Crippen MR) is 83.2 cm³/mol. The third kappa shape index (κ3) is 2.68. The van der Waals surface area contributed by atoms with Gasteiger partial charge in [-0.2, -0.15) is 0 Å². The molecule has 110 valence electrons. The molecule has 0 radical (unpaired) electrons. The number of pyridine rings is 1. The number of halogens is 1. The third-order valence-electron chi connectivity index (χ3n) is 3.72. The first-order chi connectivity index (χ1) is 10.5. The van der Waals surface area contributed by atoms with Crippen LogP contribution < -0.4 is 0 Å². The zero-order chi connectivity index (χ0) is 15.7. The van der Waals surface area contributed by atoms with Gasteiger partial charge >= 0.3 is 5.97 Å². The van der Waals surface area contributed by atoms with Gasteiger partial charge in [-0.1, -0.05) is 12.1 Å². The van der Waals surface area contributed by atoms with Gasteiger partial charge in [0.25, 0.3) is 0 Å². The van der Waals surface area contributed by atoms with Gasteiger partial charge in [-0.25, -0.2) is 9.37 Å². The molecule has 4 heteroatoms. The second-order valence-corrected chi connectivity index (χ2v) is 5.22. The van der Waals surface area contributed by atoms with Crippen LogP contribution in [-0.4, -0.2) is 16.1 Å². The lowest BCUT2D eigenvalue weighted by Gasteiger charge is -2.09. The number of carbonyl (C=O) groups is 1. The molecule has 2 aromatic carbocycles. The third-order valence-corrected chi connectivity index (χ3v) is 3.72. The van der Waals surface area contributed by atoms with Crippen molar-refractivity contribution in [2.24, 2.45) is 0 Å². The molecule has 0 aliphatic rings. The summed E-state index contributed by atoms with van der Waals surface area (Å²) in [4.78, 5) is 15.6. The van der Waals surface area contributed by atoms with E-state index < -0.39 is 11.9 Å². The van der Waals surface area contributed by atoms with Gasteiger partial charge in [-0.3, -0.25) is 4.79 Å². The summed E-state index contributed by atoms with van der Waals surface area (Å²) < 4.78 is 13.0. The summed E-state index contributed by atoms with van der Waals surface area (Å²) in [6, 6.07) is 15.4. The molecule has 0 amide bonds. The number of hydrogen-bond donors (Lipinski definition) is 1. The number of benzene rings is 2.